The van der Waals surface area contributed by atoms with Gasteiger partial charge in [0.05, 0.1) is 12.8 Å². The summed E-state index contributed by atoms with van der Waals surface area (Å²) in [5, 5.41) is 7.65. The smallest absolute Gasteiger partial charge is 0.211 e. The lowest BCUT2D eigenvalue weighted by atomic mass is 10.2. The predicted octanol–water partition coefficient (Wildman–Crippen LogP) is 1.11. The minimum atomic E-state index is 0.722. The third-order valence-electron chi connectivity index (χ3n) is 2.48. The molecule has 0 aliphatic rings. The van der Waals surface area contributed by atoms with Gasteiger partial charge in [-0.25, -0.2) is 4.68 Å². The Bertz CT molecular complexity index is 467. The summed E-state index contributed by atoms with van der Waals surface area (Å²) in [7, 11) is 3.51. The van der Waals surface area contributed by atoms with Gasteiger partial charge in [-0.3, -0.25) is 4.98 Å². The van der Waals surface area contributed by atoms with Gasteiger partial charge >= 0.3 is 0 Å². The van der Waals surface area contributed by atoms with Crippen molar-refractivity contribution in [1.82, 2.24) is 20.1 Å². The molecule has 5 heteroatoms. The Morgan fingerprint density at radius 3 is 2.71 bits per heavy atom. The molecule has 5 nitrogen and oxygen atoms in total. The van der Waals surface area contributed by atoms with E-state index in [9.17, 15) is 0 Å². The quantitative estimate of drug-likeness (QED) is 0.839. The number of hydrogen-bond acceptors (Lipinski definition) is 4. The molecule has 0 saturated carbocycles. The Morgan fingerprint density at radius 1 is 1.29 bits per heavy atom. The molecular formula is C12H16N4O. The van der Waals surface area contributed by atoms with Gasteiger partial charge in [0.1, 0.15) is 0 Å². The average molecular weight is 232 g/mol. The van der Waals surface area contributed by atoms with Gasteiger partial charge in [0.2, 0.25) is 5.88 Å². The van der Waals surface area contributed by atoms with Gasteiger partial charge in [0.15, 0.2) is 0 Å². The van der Waals surface area contributed by atoms with Crippen molar-refractivity contribution in [3.63, 3.8) is 0 Å². The highest BCUT2D eigenvalue weighted by Crippen LogP contribution is 2.10. The summed E-state index contributed by atoms with van der Waals surface area (Å²) in [5.74, 6) is 0.769. The largest absolute Gasteiger partial charge is 0.481 e. The molecule has 0 fully saturated rings. The fourth-order valence-electron chi connectivity index (χ4n) is 1.62. The van der Waals surface area contributed by atoms with Gasteiger partial charge in [-0.15, -0.1) is 0 Å². The van der Waals surface area contributed by atoms with E-state index in [2.05, 4.69) is 15.4 Å². The maximum atomic E-state index is 5.15. The summed E-state index contributed by atoms with van der Waals surface area (Å²) in [6.45, 7) is 1.53. The van der Waals surface area contributed by atoms with Gasteiger partial charge in [-0.05, 0) is 17.7 Å². The number of aromatic nitrogens is 3. The van der Waals surface area contributed by atoms with E-state index in [1.807, 2.05) is 25.2 Å². The van der Waals surface area contributed by atoms with Crippen molar-refractivity contribution < 1.29 is 4.74 Å². The molecule has 0 saturated heterocycles. The number of nitrogens with zero attached hydrogens (tertiary/aromatic N) is 3. The number of pyridine rings is 1. The number of methoxy groups -OCH3 is 1. The van der Waals surface area contributed by atoms with Crippen molar-refractivity contribution in [3.8, 4) is 5.88 Å². The van der Waals surface area contributed by atoms with Gasteiger partial charge in [0, 0.05) is 38.6 Å². The summed E-state index contributed by atoms with van der Waals surface area (Å²) in [6.07, 6.45) is 3.58. The first-order valence-corrected chi connectivity index (χ1v) is 5.46. The van der Waals surface area contributed by atoms with Crippen LogP contribution in [0.3, 0.4) is 0 Å². The van der Waals surface area contributed by atoms with E-state index in [0.717, 1.165) is 24.7 Å². The zero-order chi connectivity index (χ0) is 12.1. The molecule has 0 amide bonds. The van der Waals surface area contributed by atoms with Crippen molar-refractivity contribution >= 4 is 0 Å². The molecular weight excluding hydrogens is 216 g/mol. The zero-order valence-corrected chi connectivity index (χ0v) is 10.1. The lowest BCUT2D eigenvalue weighted by molar-refractivity contribution is 0.373. The van der Waals surface area contributed by atoms with E-state index in [-0.39, 0.29) is 0 Å². The number of nitrogens with one attached hydrogen (secondary N) is 1. The second-order valence-electron chi connectivity index (χ2n) is 3.76. The molecule has 0 unspecified atom stereocenters. The molecule has 90 valence electrons. The maximum Gasteiger partial charge on any atom is 0.211 e. The minimum absolute atomic E-state index is 0.722. The van der Waals surface area contributed by atoms with Crippen LogP contribution in [0.15, 0.2) is 30.6 Å². The topological polar surface area (TPSA) is 52.0 Å². The molecule has 0 atom stereocenters. The van der Waals surface area contributed by atoms with E-state index in [1.165, 1.54) is 5.56 Å². The fourth-order valence-corrected chi connectivity index (χ4v) is 1.62. The van der Waals surface area contributed by atoms with Crippen molar-refractivity contribution in [1.29, 1.82) is 0 Å². The Balaban J connectivity index is 1.86. The highest BCUT2D eigenvalue weighted by Gasteiger charge is 2.03. The number of hydrogen-bond donors (Lipinski definition) is 1. The molecule has 0 spiro atoms. The first-order chi connectivity index (χ1) is 8.29. The highest BCUT2D eigenvalue weighted by atomic mass is 16.5. The molecule has 2 heterocycles. The van der Waals surface area contributed by atoms with Crippen molar-refractivity contribution in [3.05, 3.63) is 41.9 Å². The van der Waals surface area contributed by atoms with Gasteiger partial charge in [-0.2, -0.15) is 5.10 Å². The van der Waals surface area contributed by atoms with E-state index in [4.69, 9.17) is 4.74 Å². The molecule has 0 aliphatic heterocycles. The van der Waals surface area contributed by atoms with Crippen LogP contribution in [0, 0.1) is 0 Å². The van der Waals surface area contributed by atoms with E-state index in [0.29, 0.717) is 0 Å². The van der Waals surface area contributed by atoms with Gasteiger partial charge in [0.25, 0.3) is 0 Å². The van der Waals surface area contributed by atoms with E-state index < -0.39 is 0 Å². The third-order valence-corrected chi connectivity index (χ3v) is 2.48. The monoisotopic (exact) mass is 232 g/mol. The second kappa shape index (κ2) is 5.45. The second-order valence-corrected chi connectivity index (χ2v) is 3.76. The molecule has 2 rings (SSSR count). The number of rotatable bonds is 5. The average Bonchev–Trinajstić information content (AvgIpc) is 2.71. The minimum Gasteiger partial charge on any atom is -0.481 e. The summed E-state index contributed by atoms with van der Waals surface area (Å²) >= 11 is 0. The number of aryl methyl sites for hydroxylation is 1. The van der Waals surface area contributed by atoms with Crippen LogP contribution in [-0.2, 0) is 20.1 Å². The van der Waals surface area contributed by atoms with Crippen LogP contribution in [0.25, 0.3) is 0 Å². The SMILES string of the molecule is COc1cc(CNCc2ccncc2)nn1C. The predicted molar refractivity (Wildman–Crippen MR) is 64.5 cm³/mol. The molecule has 0 radical (unpaired) electrons. The Morgan fingerprint density at radius 2 is 2.06 bits per heavy atom. The molecule has 0 aliphatic carbocycles. The van der Waals surface area contributed by atoms with Crippen LogP contribution in [-0.4, -0.2) is 21.9 Å². The lowest BCUT2D eigenvalue weighted by Gasteiger charge is -2.01. The summed E-state index contributed by atoms with van der Waals surface area (Å²) in [6, 6.07) is 5.91. The molecule has 2 aromatic rings. The van der Waals surface area contributed by atoms with Crippen LogP contribution in [0.2, 0.25) is 0 Å². The number of ether oxygens (including phenoxy) is 1. The van der Waals surface area contributed by atoms with Crippen molar-refractivity contribution in [2.75, 3.05) is 7.11 Å². The normalized spacial score (nSPS) is 10.5. The first kappa shape index (κ1) is 11.6. The molecule has 2 aromatic heterocycles. The van der Waals surface area contributed by atoms with Crippen LogP contribution in [0.4, 0.5) is 0 Å². The zero-order valence-electron chi connectivity index (χ0n) is 10.1. The van der Waals surface area contributed by atoms with E-state index >= 15 is 0 Å². The Hall–Kier alpha value is -1.88. The summed E-state index contributed by atoms with van der Waals surface area (Å²) in [5.41, 5.74) is 2.18. The molecule has 17 heavy (non-hydrogen) atoms. The van der Waals surface area contributed by atoms with Crippen LogP contribution < -0.4 is 10.1 Å². The molecule has 1 N–H and O–H groups in total. The first-order valence-electron chi connectivity index (χ1n) is 5.46. The molecule has 0 aromatic carbocycles. The maximum absolute atomic E-state index is 5.15. The summed E-state index contributed by atoms with van der Waals surface area (Å²) < 4.78 is 6.88. The summed E-state index contributed by atoms with van der Waals surface area (Å²) in [4.78, 5) is 3.98. The third kappa shape index (κ3) is 3.04. The van der Waals surface area contributed by atoms with Crippen molar-refractivity contribution in [2.45, 2.75) is 13.1 Å². The van der Waals surface area contributed by atoms with E-state index in [1.54, 1.807) is 24.2 Å². The van der Waals surface area contributed by atoms with Crippen molar-refractivity contribution in [2.24, 2.45) is 7.05 Å². The van der Waals surface area contributed by atoms with Crippen LogP contribution in [0.5, 0.6) is 5.88 Å². The standard InChI is InChI=1S/C12H16N4O/c1-16-12(17-2)7-11(15-16)9-14-8-10-3-5-13-6-4-10/h3-7,14H,8-9H2,1-2H3. The fraction of sp³-hybridized carbons (Fsp3) is 0.333. The highest BCUT2D eigenvalue weighted by molar-refractivity contribution is 5.16. The van der Waals surface area contributed by atoms with Crippen LogP contribution in [0.1, 0.15) is 11.3 Å². The Kier molecular flexibility index (Phi) is 3.72. The van der Waals surface area contributed by atoms with Gasteiger partial charge in [-0.1, -0.05) is 0 Å². The van der Waals surface area contributed by atoms with Crippen LogP contribution >= 0.6 is 0 Å². The molecule has 0 bridgehead atoms. The Labute approximate surface area is 100 Å². The van der Waals surface area contributed by atoms with Gasteiger partial charge < -0.3 is 10.1 Å². The lowest BCUT2D eigenvalue weighted by Crippen LogP contribution is -2.13.